The molecular formula is C29H36F3N5. The van der Waals surface area contributed by atoms with Crippen molar-refractivity contribution in [1.82, 2.24) is 4.98 Å². The van der Waals surface area contributed by atoms with E-state index in [9.17, 15) is 13.2 Å². The van der Waals surface area contributed by atoms with E-state index in [1.54, 1.807) is 0 Å². The molecule has 0 radical (unpaired) electrons. The molecule has 0 bridgehead atoms. The van der Waals surface area contributed by atoms with Gasteiger partial charge in [0.05, 0.1) is 35.1 Å². The van der Waals surface area contributed by atoms with E-state index in [1.807, 2.05) is 31.5 Å². The summed E-state index contributed by atoms with van der Waals surface area (Å²) >= 11 is 0. The fourth-order valence-electron chi connectivity index (χ4n) is 6.71. The number of benzene rings is 1. The van der Waals surface area contributed by atoms with Gasteiger partial charge < -0.3 is 15.5 Å². The van der Waals surface area contributed by atoms with E-state index in [1.165, 1.54) is 12.1 Å². The van der Waals surface area contributed by atoms with Crippen molar-refractivity contribution >= 4 is 22.8 Å². The molecule has 37 heavy (non-hydrogen) atoms. The predicted octanol–water partition coefficient (Wildman–Crippen LogP) is 6.75. The standard InChI is InChI=1S/C29H36F3N5/c1-18-13-21(17-33-16-18)35-24-14-26-28(15-25(24)34-20-5-4-6-20)37(27-8-3-2-7-23(27)36-26)22-11-9-19(10-12-22)29(30,31)32/h2-3,7-8,13,16-17,19-20,22,24,26,28,35-36H,4-6,9-12,14-15H2,1H3. The molecule has 4 aliphatic rings. The van der Waals surface area contributed by atoms with E-state index in [2.05, 4.69) is 38.7 Å². The summed E-state index contributed by atoms with van der Waals surface area (Å²) < 4.78 is 40.3. The molecule has 3 unspecified atom stereocenters. The minimum atomic E-state index is -4.09. The Morgan fingerprint density at radius 2 is 1.84 bits per heavy atom. The molecule has 1 aromatic carbocycles. The normalized spacial score (nSPS) is 31.2. The SMILES string of the molecule is Cc1cncc(NC2CC3Nc4ccccc4N(C4CCC(C(F)(F)F)CC4)C3CC2=NC2CCC2)c1. The van der Waals surface area contributed by atoms with Gasteiger partial charge in [-0.3, -0.25) is 9.98 Å². The second-order valence-electron chi connectivity index (χ2n) is 11.4. The maximum Gasteiger partial charge on any atom is 0.391 e. The molecule has 0 saturated heterocycles. The van der Waals surface area contributed by atoms with Gasteiger partial charge in [-0.05, 0) is 82.1 Å². The highest BCUT2D eigenvalue weighted by molar-refractivity contribution is 5.95. The van der Waals surface area contributed by atoms with Gasteiger partial charge in [-0.1, -0.05) is 12.1 Å². The van der Waals surface area contributed by atoms with E-state index in [-0.39, 0.29) is 37.0 Å². The Labute approximate surface area is 217 Å². The predicted molar refractivity (Wildman–Crippen MR) is 143 cm³/mol. The van der Waals surface area contributed by atoms with E-state index in [0.717, 1.165) is 48.3 Å². The molecule has 3 fully saturated rings. The molecule has 198 valence electrons. The summed E-state index contributed by atoms with van der Waals surface area (Å²) in [5, 5.41) is 7.52. The molecular weight excluding hydrogens is 475 g/mol. The number of halogens is 3. The lowest BCUT2D eigenvalue weighted by molar-refractivity contribution is -0.182. The van der Waals surface area contributed by atoms with Gasteiger partial charge in [-0.25, -0.2) is 0 Å². The quantitative estimate of drug-likeness (QED) is 0.477. The summed E-state index contributed by atoms with van der Waals surface area (Å²) in [5.41, 5.74) is 5.51. The first kappa shape index (κ1) is 24.6. The summed E-state index contributed by atoms with van der Waals surface area (Å²) in [6.45, 7) is 2.05. The second kappa shape index (κ2) is 9.84. The number of pyridine rings is 1. The van der Waals surface area contributed by atoms with Crippen LogP contribution in [0.25, 0.3) is 0 Å². The maximum atomic E-state index is 13.4. The number of fused-ring (bicyclic) bond motifs is 2. The van der Waals surface area contributed by atoms with Crippen LogP contribution in [0.2, 0.25) is 0 Å². The van der Waals surface area contributed by atoms with Crippen molar-refractivity contribution < 1.29 is 13.2 Å². The van der Waals surface area contributed by atoms with Crippen LogP contribution in [0.5, 0.6) is 0 Å². The molecule has 3 atom stereocenters. The number of para-hydroxylation sites is 2. The first-order valence-corrected chi connectivity index (χ1v) is 13.8. The number of hydrogen-bond donors (Lipinski definition) is 2. The average molecular weight is 512 g/mol. The van der Waals surface area contributed by atoms with Crippen molar-refractivity contribution in [2.75, 3.05) is 15.5 Å². The number of hydrogen-bond acceptors (Lipinski definition) is 5. The van der Waals surface area contributed by atoms with Crippen molar-refractivity contribution in [2.45, 2.75) is 101 Å². The molecule has 8 heteroatoms. The number of aromatic nitrogens is 1. The highest BCUT2D eigenvalue weighted by Crippen LogP contribution is 2.45. The second-order valence-corrected chi connectivity index (χ2v) is 11.4. The molecule has 6 rings (SSSR count). The summed E-state index contributed by atoms with van der Waals surface area (Å²) in [7, 11) is 0. The van der Waals surface area contributed by atoms with Gasteiger partial charge in [-0.15, -0.1) is 0 Å². The van der Waals surface area contributed by atoms with Gasteiger partial charge in [0.1, 0.15) is 0 Å². The molecule has 2 aromatic rings. The summed E-state index contributed by atoms with van der Waals surface area (Å²) in [5.74, 6) is -1.17. The summed E-state index contributed by atoms with van der Waals surface area (Å²) in [6, 6.07) is 11.4. The minimum Gasteiger partial charge on any atom is -0.378 e. The van der Waals surface area contributed by atoms with Crippen LogP contribution in [0, 0.1) is 12.8 Å². The molecule has 3 saturated carbocycles. The third-order valence-electron chi connectivity index (χ3n) is 8.85. The molecule has 2 heterocycles. The highest BCUT2D eigenvalue weighted by Gasteiger charge is 2.47. The Morgan fingerprint density at radius 1 is 1.05 bits per heavy atom. The third kappa shape index (κ3) is 5.04. The van der Waals surface area contributed by atoms with Crippen molar-refractivity contribution in [3.05, 3.63) is 48.3 Å². The van der Waals surface area contributed by atoms with Crippen LogP contribution in [0.15, 0.2) is 47.7 Å². The Hall–Kier alpha value is -2.77. The van der Waals surface area contributed by atoms with Crippen molar-refractivity contribution in [2.24, 2.45) is 10.9 Å². The molecule has 0 amide bonds. The Kier molecular flexibility index (Phi) is 6.53. The fraction of sp³-hybridized carbons (Fsp3) is 0.586. The van der Waals surface area contributed by atoms with Gasteiger partial charge in [0, 0.05) is 42.7 Å². The molecule has 3 aliphatic carbocycles. The number of nitrogens with one attached hydrogen (secondary N) is 2. The average Bonchev–Trinajstić information content (AvgIpc) is 2.84. The Bertz CT molecular complexity index is 1140. The van der Waals surface area contributed by atoms with Crippen molar-refractivity contribution in [3.63, 3.8) is 0 Å². The maximum absolute atomic E-state index is 13.4. The zero-order valence-corrected chi connectivity index (χ0v) is 21.3. The fourth-order valence-corrected chi connectivity index (χ4v) is 6.71. The zero-order chi connectivity index (χ0) is 25.6. The lowest BCUT2D eigenvalue weighted by atomic mass is 9.78. The van der Waals surface area contributed by atoms with E-state index in [0.29, 0.717) is 18.9 Å². The van der Waals surface area contributed by atoms with Gasteiger partial charge in [0.2, 0.25) is 0 Å². The molecule has 1 aliphatic heterocycles. The summed E-state index contributed by atoms with van der Waals surface area (Å²) in [4.78, 5) is 12.1. The lowest BCUT2D eigenvalue weighted by Crippen LogP contribution is -2.61. The van der Waals surface area contributed by atoms with Gasteiger partial charge in [-0.2, -0.15) is 13.2 Å². The molecule has 1 aromatic heterocycles. The minimum absolute atomic E-state index is 0.103. The first-order chi connectivity index (χ1) is 17.8. The van der Waals surface area contributed by atoms with Gasteiger partial charge in [0.25, 0.3) is 0 Å². The van der Waals surface area contributed by atoms with E-state index >= 15 is 0 Å². The van der Waals surface area contributed by atoms with Crippen LogP contribution in [0.3, 0.4) is 0 Å². The lowest BCUT2D eigenvalue weighted by Gasteiger charge is -2.53. The first-order valence-electron chi connectivity index (χ1n) is 13.8. The molecule has 0 spiro atoms. The van der Waals surface area contributed by atoms with Crippen LogP contribution in [-0.4, -0.2) is 47.1 Å². The van der Waals surface area contributed by atoms with Crippen LogP contribution >= 0.6 is 0 Å². The van der Waals surface area contributed by atoms with Crippen LogP contribution in [-0.2, 0) is 0 Å². The topological polar surface area (TPSA) is 52.6 Å². The third-order valence-corrected chi connectivity index (χ3v) is 8.85. The van der Waals surface area contributed by atoms with Crippen LogP contribution < -0.4 is 15.5 Å². The smallest absolute Gasteiger partial charge is 0.378 e. The monoisotopic (exact) mass is 511 g/mol. The number of alkyl halides is 3. The Balaban J connectivity index is 1.30. The molecule has 5 nitrogen and oxygen atoms in total. The van der Waals surface area contributed by atoms with Crippen molar-refractivity contribution in [3.8, 4) is 0 Å². The van der Waals surface area contributed by atoms with E-state index in [4.69, 9.17) is 4.99 Å². The largest absolute Gasteiger partial charge is 0.391 e. The number of rotatable bonds is 4. The molecule has 2 N–H and O–H groups in total. The van der Waals surface area contributed by atoms with Gasteiger partial charge in [0.15, 0.2) is 0 Å². The Morgan fingerprint density at radius 3 is 2.54 bits per heavy atom. The number of nitrogens with zero attached hydrogens (tertiary/aromatic N) is 3. The summed E-state index contributed by atoms with van der Waals surface area (Å²) in [6.07, 6.45) is 6.42. The van der Waals surface area contributed by atoms with Crippen LogP contribution in [0.4, 0.5) is 30.2 Å². The van der Waals surface area contributed by atoms with Gasteiger partial charge >= 0.3 is 6.18 Å². The number of anilines is 3. The number of aliphatic imine (C=N–C) groups is 1. The number of aryl methyl sites for hydroxylation is 1. The zero-order valence-electron chi connectivity index (χ0n) is 21.3. The van der Waals surface area contributed by atoms with Crippen molar-refractivity contribution in [1.29, 1.82) is 0 Å². The highest BCUT2D eigenvalue weighted by atomic mass is 19.4. The van der Waals surface area contributed by atoms with E-state index < -0.39 is 12.1 Å². The van der Waals surface area contributed by atoms with Crippen LogP contribution in [0.1, 0.15) is 63.4 Å².